The van der Waals surface area contributed by atoms with E-state index in [-0.39, 0.29) is 17.9 Å². The summed E-state index contributed by atoms with van der Waals surface area (Å²) in [6.07, 6.45) is 3.08. The molecule has 0 bridgehead atoms. The van der Waals surface area contributed by atoms with E-state index >= 15 is 0 Å². The lowest BCUT2D eigenvalue weighted by Crippen LogP contribution is -2.50. The van der Waals surface area contributed by atoms with Crippen LogP contribution < -0.4 is 15.5 Å². The van der Waals surface area contributed by atoms with Crippen molar-refractivity contribution in [1.29, 1.82) is 0 Å². The van der Waals surface area contributed by atoms with Gasteiger partial charge in [-0.1, -0.05) is 30.3 Å². The lowest BCUT2D eigenvalue weighted by molar-refractivity contribution is -0.118. The predicted octanol–water partition coefficient (Wildman–Crippen LogP) is 2.93. The molecule has 1 atom stereocenters. The quantitative estimate of drug-likeness (QED) is 0.907. The summed E-state index contributed by atoms with van der Waals surface area (Å²) in [5, 5.41) is 5.89. The van der Waals surface area contributed by atoms with Crippen LogP contribution in [0.2, 0.25) is 0 Å². The molecular formula is C20H21N3O2. The fraction of sp³-hybridized carbons (Fsp3) is 0.300. The molecule has 2 aromatic rings. The van der Waals surface area contributed by atoms with E-state index in [1.807, 2.05) is 42.5 Å². The SMILES string of the molecule is O=C(NCc1ccccc1)c1ccc2c(c1)NC(=O)[C@@H]1CCCCN21. The van der Waals surface area contributed by atoms with Gasteiger partial charge < -0.3 is 15.5 Å². The molecule has 2 N–H and O–H groups in total. The van der Waals surface area contributed by atoms with Crippen LogP contribution in [0, 0.1) is 0 Å². The van der Waals surface area contributed by atoms with Crippen molar-refractivity contribution in [2.45, 2.75) is 31.8 Å². The third-order valence-corrected chi connectivity index (χ3v) is 4.93. The van der Waals surface area contributed by atoms with Crippen LogP contribution in [0.1, 0.15) is 35.2 Å². The minimum absolute atomic E-state index is 0.0362. The van der Waals surface area contributed by atoms with Gasteiger partial charge in [0.25, 0.3) is 5.91 Å². The number of hydrogen-bond acceptors (Lipinski definition) is 3. The van der Waals surface area contributed by atoms with Crippen molar-refractivity contribution in [2.75, 3.05) is 16.8 Å². The van der Waals surface area contributed by atoms with E-state index in [9.17, 15) is 9.59 Å². The van der Waals surface area contributed by atoms with Crippen LogP contribution in [0.15, 0.2) is 48.5 Å². The molecule has 1 saturated heterocycles. The number of carbonyl (C=O) groups is 2. The summed E-state index contributed by atoms with van der Waals surface area (Å²) in [4.78, 5) is 26.9. The van der Waals surface area contributed by atoms with Crippen molar-refractivity contribution in [3.63, 3.8) is 0 Å². The number of nitrogens with zero attached hydrogens (tertiary/aromatic N) is 1. The summed E-state index contributed by atoms with van der Waals surface area (Å²) in [7, 11) is 0. The van der Waals surface area contributed by atoms with Gasteiger partial charge in [0.1, 0.15) is 6.04 Å². The molecule has 2 heterocycles. The van der Waals surface area contributed by atoms with Crippen molar-refractivity contribution in [3.8, 4) is 0 Å². The summed E-state index contributed by atoms with van der Waals surface area (Å²) in [6.45, 7) is 1.38. The zero-order valence-electron chi connectivity index (χ0n) is 14.0. The number of anilines is 2. The van der Waals surface area contributed by atoms with Gasteiger partial charge in [0.2, 0.25) is 5.91 Å². The molecule has 0 aromatic heterocycles. The Balaban J connectivity index is 1.52. The van der Waals surface area contributed by atoms with E-state index in [1.54, 1.807) is 6.07 Å². The minimum atomic E-state index is -0.137. The molecule has 0 saturated carbocycles. The van der Waals surface area contributed by atoms with Crippen molar-refractivity contribution in [2.24, 2.45) is 0 Å². The van der Waals surface area contributed by atoms with E-state index in [1.165, 1.54) is 0 Å². The summed E-state index contributed by atoms with van der Waals surface area (Å²) < 4.78 is 0. The van der Waals surface area contributed by atoms with Crippen LogP contribution in [-0.2, 0) is 11.3 Å². The molecule has 0 aliphatic carbocycles. The van der Waals surface area contributed by atoms with Crippen LogP contribution in [0.4, 0.5) is 11.4 Å². The van der Waals surface area contributed by atoms with Crippen molar-refractivity contribution in [3.05, 3.63) is 59.7 Å². The highest BCUT2D eigenvalue weighted by atomic mass is 16.2. The number of nitrogens with one attached hydrogen (secondary N) is 2. The van der Waals surface area contributed by atoms with Gasteiger partial charge in [-0.25, -0.2) is 0 Å². The molecule has 5 heteroatoms. The normalized spacial score (nSPS) is 18.8. The third kappa shape index (κ3) is 3.09. The van der Waals surface area contributed by atoms with E-state index in [4.69, 9.17) is 0 Å². The number of fused-ring (bicyclic) bond motifs is 3. The van der Waals surface area contributed by atoms with Crippen molar-refractivity contribution in [1.82, 2.24) is 5.32 Å². The highest BCUT2D eigenvalue weighted by Gasteiger charge is 2.34. The fourth-order valence-electron chi connectivity index (χ4n) is 3.62. The lowest BCUT2D eigenvalue weighted by atomic mass is 9.97. The van der Waals surface area contributed by atoms with E-state index < -0.39 is 0 Å². The molecule has 2 aliphatic rings. The molecule has 0 radical (unpaired) electrons. The van der Waals surface area contributed by atoms with Crippen molar-refractivity contribution >= 4 is 23.2 Å². The van der Waals surface area contributed by atoms with Gasteiger partial charge >= 0.3 is 0 Å². The van der Waals surface area contributed by atoms with Gasteiger partial charge in [0.15, 0.2) is 0 Å². The summed E-state index contributed by atoms with van der Waals surface area (Å²) in [5.41, 5.74) is 3.36. The van der Waals surface area contributed by atoms with Gasteiger partial charge in [-0.2, -0.15) is 0 Å². The molecule has 1 fully saturated rings. The maximum Gasteiger partial charge on any atom is 0.251 e. The zero-order chi connectivity index (χ0) is 17.2. The first kappa shape index (κ1) is 15.7. The zero-order valence-corrected chi connectivity index (χ0v) is 14.0. The number of carbonyl (C=O) groups excluding carboxylic acids is 2. The number of rotatable bonds is 3. The third-order valence-electron chi connectivity index (χ3n) is 4.93. The van der Waals surface area contributed by atoms with Crippen LogP contribution in [-0.4, -0.2) is 24.4 Å². The highest BCUT2D eigenvalue weighted by Crippen LogP contribution is 2.36. The van der Waals surface area contributed by atoms with E-state index in [2.05, 4.69) is 15.5 Å². The Kier molecular flexibility index (Phi) is 4.14. The van der Waals surface area contributed by atoms with E-state index in [0.29, 0.717) is 12.1 Å². The number of hydrogen-bond donors (Lipinski definition) is 2. The number of benzene rings is 2. The maximum atomic E-state index is 12.4. The molecule has 25 heavy (non-hydrogen) atoms. The molecule has 5 nitrogen and oxygen atoms in total. The topological polar surface area (TPSA) is 61.4 Å². The minimum Gasteiger partial charge on any atom is -0.358 e. The maximum absolute atomic E-state index is 12.4. The Morgan fingerprint density at radius 1 is 1.16 bits per heavy atom. The van der Waals surface area contributed by atoms with Gasteiger partial charge in [-0.15, -0.1) is 0 Å². The smallest absolute Gasteiger partial charge is 0.251 e. The Bertz CT molecular complexity index is 804. The Morgan fingerprint density at radius 3 is 2.84 bits per heavy atom. The predicted molar refractivity (Wildman–Crippen MR) is 97.7 cm³/mol. The second-order valence-corrected chi connectivity index (χ2v) is 6.59. The van der Waals surface area contributed by atoms with Crippen LogP contribution in [0.25, 0.3) is 0 Å². The molecule has 128 valence electrons. The molecule has 2 aliphatic heterocycles. The largest absolute Gasteiger partial charge is 0.358 e. The molecule has 0 spiro atoms. The average molecular weight is 335 g/mol. The monoisotopic (exact) mass is 335 g/mol. The molecule has 2 amide bonds. The highest BCUT2D eigenvalue weighted by molar-refractivity contribution is 6.05. The van der Waals surface area contributed by atoms with Crippen LogP contribution in [0.3, 0.4) is 0 Å². The Hall–Kier alpha value is -2.82. The van der Waals surface area contributed by atoms with Gasteiger partial charge in [-0.3, -0.25) is 9.59 Å². The Morgan fingerprint density at radius 2 is 2.00 bits per heavy atom. The molecule has 4 rings (SSSR count). The van der Waals surface area contributed by atoms with E-state index in [0.717, 1.165) is 42.7 Å². The first-order chi connectivity index (χ1) is 12.2. The standard InChI is InChI=1S/C20H21N3O2/c24-19(21-13-14-6-2-1-3-7-14)15-9-10-17-16(12-15)22-20(25)18-8-4-5-11-23(17)18/h1-3,6-7,9-10,12,18H,4-5,8,11,13H2,(H,21,24)(H,22,25)/t18-/m0/s1. The first-order valence-electron chi connectivity index (χ1n) is 8.76. The molecule has 2 aromatic carbocycles. The molecular weight excluding hydrogens is 314 g/mol. The first-order valence-corrected chi connectivity index (χ1v) is 8.76. The lowest BCUT2D eigenvalue weighted by Gasteiger charge is -2.41. The average Bonchev–Trinajstić information content (AvgIpc) is 2.67. The summed E-state index contributed by atoms with van der Waals surface area (Å²) in [5.74, 6) is -0.101. The van der Waals surface area contributed by atoms with Gasteiger partial charge in [0, 0.05) is 18.7 Å². The summed E-state index contributed by atoms with van der Waals surface area (Å²) in [6, 6.07) is 15.3. The van der Waals surface area contributed by atoms with Crippen molar-refractivity contribution < 1.29 is 9.59 Å². The fourth-order valence-corrected chi connectivity index (χ4v) is 3.62. The van der Waals surface area contributed by atoms with Gasteiger partial charge in [0.05, 0.1) is 11.4 Å². The summed E-state index contributed by atoms with van der Waals surface area (Å²) >= 11 is 0. The second kappa shape index (κ2) is 6.59. The Labute approximate surface area is 147 Å². The second-order valence-electron chi connectivity index (χ2n) is 6.59. The van der Waals surface area contributed by atoms with Crippen LogP contribution in [0.5, 0.6) is 0 Å². The number of amides is 2. The van der Waals surface area contributed by atoms with Gasteiger partial charge in [-0.05, 0) is 43.0 Å². The molecule has 0 unspecified atom stereocenters. The number of piperidine rings is 1. The van der Waals surface area contributed by atoms with Crippen LogP contribution >= 0.6 is 0 Å².